The van der Waals surface area contributed by atoms with Gasteiger partial charge in [0.25, 0.3) is 0 Å². The summed E-state index contributed by atoms with van der Waals surface area (Å²) in [5.74, 6) is 1.28. The summed E-state index contributed by atoms with van der Waals surface area (Å²) in [6.07, 6.45) is 1.13. The van der Waals surface area contributed by atoms with E-state index in [-0.39, 0.29) is 0 Å². The van der Waals surface area contributed by atoms with Gasteiger partial charge in [-0.25, -0.2) is 9.97 Å². The second-order valence-corrected chi connectivity index (χ2v) is 4.71. The van der Waals surface area contributed by atoms with Crippen LogP contribution in [-0.2, 0) is 0 Å². The zero-order chi connectivity index (χ0) is 12.3. The van der Waals surface area contributed by atoms with Crippen molar-refractivity contribution in [3.05, 3.63) is 16.5 Å². The maximum absolute atomic E-state index is 6.06. The molecule has 0 aliphatic rings. The van der Waals surface area contributed by atoms with E-state index in [1.54, 1.807) is 0 Å². The van der Waals surface area contributed by atoms with Gasteiger partial charge < -0.3 is 5.32 Å². The number of hydrogen-bond donors (Lipinski definition) is 1. The molecule has 0 bridgehead atoms. The van der Waals surface area contributed by atoms with Crippen LogP contribution in [0, 0.1) is 19.8 Å². The normalized spacial score (nSPS) is 14.6. The Balaban J connectivity index is 2.85. The Morgan fingerprint density at radius 3 is 2.31 bits per heavy atom. The lowest BCUT2D eigenvalue weighted by molar-refractivity contribution is 0.493. The number of rotatable bonds is 4. The van der Waals surface area contributed by atoms with Crippen LogP contribution < -0.4 is 5.32 Å². The zero-order valence-electron chi connectivity index (χ0n) is 10.6. The van der Waals surface area contributed by atoms with Crippen molar-refractivity contribution in [2.45, 2.75) is 47.1 Å². The summed E-state index contributed by atoms with van der Waals surface area (Å²) >= 11 is 6.06. The van der Waals surface area contributed by atoms with Gasteiger partial charge in [0.05, 0.1) is 11.4 Å². The van der Waals surface area contributed by atoms with Crippen LogP contribution in [0.4, 0.5) is 5.82 Å². The minimum Gasteiger partial charge on any atom is -0.365 e. The minimum atomic E-state index is 0.346. The van der Waals surface area contributed by atoms with Gasteiger partial charge in [0.1, 0.15) is 0 Å². The Bertz CT molecular complexity index is 366. The van der Waals surface area contributed by atoms with E-state index in [4.69, 9.17) is 11.6 Å². The highest BCUT2D eigenvalue weighted by atomic mass is 35.5. The van der Waals surface area contributed by atoms with Gasteiger partial charge in [-0.1, -0.05) is 31.9 Å². The summed E-state index contributed by atoms with van der Waals surface area (Å²) < 4.78 is 0. The number of halogens is 1. The first-order chi connectivity index (χ1) is 7.45. The molecule has 0 aromatic carbocycles. The first-order valence-electron chi connectivity index (χ1n) is 5.73. The van der Waals surface area contributed by atoms with Crippen LogP contribution in [0.5, 0.6) is 0 Å². The van der Waals surface area contributed by atoms with Crippen LogP contribution in [0.3, 0.4) is 0 Å². The fourth-order valence-electron chi connectivity index (χ4n) is 1.38. The molecule has 90 valence electrons. The summed E-state index contributed by atoms with van der Waals surface area (Å²) in [6.45, 7) is 10.4. The van der Waals surface area contributed by atoms with Gasteiger partial charge >= 0.3 is 0 Å². The van der Waals surface area contributed by atoms with Gasteiger partial charge in [0, 0.05) is 6.04 Å². The van der Waals surface area contributed by atoms with Crippen LogP contribution in [0.2, 0.25) is 5.15 Å². The third-order valence-electron chi connectivity index (χ3n) is 3.13. The summed E-state index contributed by atoms with van der Waals surface area (Å²) in [5, 5.41) is 3.78. The number of nitrogens with zero attached hydrogens (tertiary/aromatic N) is 2. The number of anilines is 1. The molecular formula is C12H20ClN3. The Kier molecular flexibility index (Phi) is 4.54. The van der Waals surface area contributed by atoms with E-state index < -0.39 is 0 Å². The summed E-state index contributed by atoms with van der Waals surface area (Å²) in [5.41, 5.74) is 1.80. The molecule has 0 aliphatic heterocycles. The number of aryl methyl sites for hydroxylation is 2. The highest BCUT2D eigenvalue weighted by Crippen LogP contribution is 2.21. The topological polar surface area (TPSA) is 37.8 Å². The van der Waals surface area contributed by atoms with E-state index in [0.29, 0.717) is 22.9 Å². The molecule has 0 saturated carbocycles. The SMILES string of the molecule is CCC(C)C(C)Nc1nc(C)c(C)nc1Cl. The van der Waals surface area contributed by atoms with Crippen molar-refractivity contribution in [2.75, 3.05) is 5.32 Å². The highest BCUT2D eigenvalue weighted by Gasteiger charge is 2.13. The molecule has 1 heterocycles. The molecule has 1 N–H and O–H groups in total. The number of aromatic nitrogens is 2. The standard InChI is InChI=1S/C12H20ClN3/c1-6-7(2)8(3)15-12-11(13)14-9(4)10(5)16-12/h7-8H,6H2,1-5H3,(H,15,16). The Morgan fingerprint density at radius 1 is 1.19 bits per heavy atom. The number of nitrogens with one attached hydrogen (secondary N) is 1. The first kappa shape index (κ1) is 13.2. The van der Waals surface area contributed by atoms with Crippen LogP contribution in [0.15, 0.2) is 0 Å². The van der Waals surface area contributed by atoms with Crippen molar-refractivity contribution in [3.63, 3.8) is 0 Å². The van der Waals surface area contributed by atoms with E-state index in [0.717, 1.165) is 17.8 Å². The molecule has 0 saturated heterocycles. The molecule has 1 aromatic heterocycles. The smallest absolute Gasteiger partial charge is 0.171 e. The predicted octanol–water partition coefficient (Wildman–Crippen LogP) is 3.59. The predicted molar refractivity (Wildman–Crippen MR) is 69.1 cm³/mol. The maximum atomic E-state index is 6.06. The van der Waals surface area contributed by atoms with Crippen LogP contribution in [0.25, 0.3) is 0 Å². The highest BCUT2D eigenvalue weighted by molar-refractivity contribution is 6.31. The van der Waals surface area contributed by atoms with E-state index in [9.17, 15) is 0 Å². The molecule has 2 unspecified atom stereocenters. The molecule has 0 aliphatic carbocycles. The Labute approximate surface area is 103 Å². The van der Waals surface area contributed by atoms with E-state index in [2.05, 4.69) is 36.1 Å². The molecule has 4 heteroatoms. The molecule has 2 atom stereocenters. The molecule has 0 fully saturated rings. The van der Waals surface area contributed by atoms with Crippen molar-refractivity contribution < 1.29 is 0 Å². The second-order valence-electron chi connectivity index (χ2n) is 4.35. The summed E-state index contributed by atoms with van der Waals surface area (Å²) in [7, 11) is 0. The minimum absolute atomic E-state index is 0.346. The van der Waals surface area contributed by atoms with Gasteiger partial charge in [0.2, 0.25) is 0 Å². The fourth-order valence-corrected chi connectivity index (χ4v) is 1.60. The van der Waals surface area contributed by atoms with Crippen molar-refractivity contribution in [3.8, 4) is 0 Å². The van der Waals surface area contributed by atoms with Crippen molar-refractivity contribution in [1.29, 1.82) is 0 Å². The van der Waals surface area contributed by atoms with Crippen molar-refractivity contribution in [1.82, 2.24) is 9.97 Å². The molecule has 0 spiro atoms. The molecule has 1 aromatic rings. The van der Waals surface area contributed by atoms with E-state index in [1.165, 1.54) is 0 Å². The maximum Gasteiger partial charge on any atom is 0.171 e. The fraction of sp³-hybridized carbons (Fsp3) is 0.667. The molecule has 1 rings (SSSR count). The Morgan fingerprint density at radius 2 is 1.75 bits per heavy atom. The van der Waals surface area contributed by atoms with Crippen LogP contribution in [0.1, 0.15) is 38.6 Å². The molecule has 0 amide bonds. The summed E-state index contributed by atoms with van der Waals surface area (Å²) in [4.78, 5) is 8.68. The van der Waals surface area contributed by atoms with Gasteiger partial charge in [-0.2, -0.15) is 0 Å². The average molecular weight is 242 g/mol. The average Bonchev–Trinajstić information content (AvgIpc) is 2.24. The third kappa shape index (κ3) is 3.08. The monoisotopic (exact) mass is 241 g/mol. The lowest BCUT2D eigenvalue weighted by atomic mass is 10.0. The van der Waals surface area contributed by atoms with E-state index in [1.807, 2.05) is 13.8 Å². The molecule has 0 radical (unpaired) electrons. The largest absolute Gasteiger partial charge is 0.365 e. The van der Waals surface area contributed by atoms with Gasteiger partial charge in [-0.3, -0.25) is 0 Å². The van der Waals surface area contributed by atoms with Gasteiger partial charge in [-0.05, 0) is 26.7 Å². The molecular weight excluding hydrogens is 222 g/mol. The van der Waals surface area contributed by atoms with Crippen LogP contribution >= 0.6 is 11.6 Å². The van der Waals surface area contributed by atoms with Crippen molar-refractivity contribution >= 4 is 17.4 Å². The van der Waals surface area contributed by atoms with E-state index >= 15 is 0 Å². The zero-order valence-corrected chi connectivity index (χ0v) is 11.4. The van der Waals surface area contributed by atoms with Crippen molar-refractivity contribution in [2.24, 2.45) is 5.92 Å². The van der Waals surface area contributed by atoms with Gasteiger partial charge in [-0.15, -0.1) is 0 Å². The second kappa shape index (κ2) is 5.48. The molecule has 3 nitrogen and oxygen atoms in total. The number of hydrogen-bond acceptors (Lipinski definition) is 3. The lowest BCUT2D eigenvalue weighted by Gasteiger charge is -2.21. The summed E-state index contributed by atoms with van der Waals surface area (Å²) in [6, 6.07) is 0.346. The third-order valence-corrected chi connectivity index (χ3v) is 3.39. The quantitative estimate of drug-likeness (QED) is 0.876. The van der Waals surface area contributed by atoms with Crippen LogP contribution in [-0.4, -0.2) is 16.0 Å². The Hall–Kier alpha value is -0.830. The molecule has 16 heavy (non-hydrogen) atoms. The lowest BCUT2D eigenvalue weighted by Crippen LogP contribution is -2.24. The van der Waals surface area contributed by atoms with Gasteiger partial charge in [0.15, 0.2) is 11.0 Å². The first-order valence-corrected chi connectivity index (χ1v) is 6.10.